The van der Waals surface area contributed by atoms with Gasteiger partial charge < -0.3 is 38.5 Å². The van der Waals surface area contributed by atoms with Crippen LogP contribution in [0.4, 0.5) is 0 Å². The lowest BCUT2D eigenvalue weighted by Gasteiger charge is -2.31. The molecule has 0 N–H and O–H groups in total. The molecular formula is C66H130N4O8. The predicted molar refractivity (Wildman–Crippen MR) is 328 cm³/mol. The molecular weight excluding hydrogens is 977 g/mol. The Hall–Kier alpha value is -2.28. The van der Waals surface area contributed by atoms with Gasteiger partial charge in [0.1, 0.15) is 0 Å². The van der Waals surface area contributed by atoms with Crippen LogP contribution in [0.3, 0.4) is 0 Å². The smallest absolute Gasteiger partial charge is 0.307 e. The molecule has 0 aliphatic rings. The quantitative estimate of drug-likeness (QED) is 0.0328. The van der Waals surface area contributed by atoms with Crippen LogP contribution in [0, 0.1) is 0 Å². The molecule has 0 saturated heterocycles. The van der Waals surface area contributed by atoms with Crippen molar-refractivity contribution in [3.05, 3.63) is 0 Å². The summed E-state index contributed by atoms with van der Waals surface area (Å²) in [6.45, 7) is 21.9. The van der Waals surface area contributed by atoms with Gasteiger partial charge in [0, 0.05) is 65.4 Å². The highest BCUT2D eigenvalue weighted by atomic mass is 16.5. The summed E-state index contributed by atoms with van der Waals surface area (Å²) in [6, 6.07) is 0. The topological polar surface area (TPSA) is 118 Å². The molecule has 12 heteroatoms. The van der Waals surface area contributed by atoms with Crippen LogP contribution >= 0.6 is 0 Å². The van der Waals surface area contributed by atoms with E-state index in [1.807, 2.05) is 0 Å². The first kappa shape index (κ1) is 75.7. The van der Waals surface area contributed by atoms with Gasteiger partial charge in [-0.25, -0.2) is 0 Å². The van der Waals surface area contributed by atoms with Crippen LogP contribution in [0.1, 0.15) is 298 Å². The van der Waals surface area contributed by atoms with E-state index < -0.39 is 0 Å². The summed E-state index contributed by atoms with van der Waals surface area (Å²) in [5.74, 6) is -0.715. The largest absolute Gasteiger partial charge is 0.469 e. The van der Waals surface area contributed by atoms with Crippen molar-refractivity contribution in [1.82, 2.24) is 19.6 Å². The molecule has 0 radical (unpaired) electrons. The van der Waals surface area contributed by atoms with Crippen molar-refractivity contribution in [3.63, 3.8) is 0 Å². The highest BCUT2D eigenvalue weighted by molar-refractivity contribution is 5.70. The summed E-state index contributed by atoms with van der Waals surface area (Å²) in [5.41, 5.74) is 0. The van der Waals surface area contributed by atoms with Gasteiger partial charge in [-0.2, -0.15) is 0 Å². The second kappa shape index (κ2) is 60.8. The van der Waals surface area contributed by atoms with Crippen LogP contribution in [0.25, 0.3) is 0 Å². The van der Waals surface area contributed by atoms with Gasteiger partial charge in [0.15, 0.2) is 0 Å². The first-order chi connectivity index (χ1) is 38.2. The molecule has 0 aliphatic heterocycles. The molecule has 0 rings (SSSR count). The molecule has 0 aliphatic carbocycles. The van der Waals surface area contributed by atoms with Gasteiger partial charge >= 0.3 is 23.9 Å². The van der Waals surface area contributed by atoms with Crippen LogP contribution in [-0.2, 0) is 38.1 Å². The lowest BCUT2D eigenvalue weighted by molar-refractivity contribution is -0.145. The molecule has 0 saturated carbocycles. The van der Waals surface area contributed by atoms with Gasteiger partial charge in [-0.15, -0.1) is 0 Å². The number of carbonyl (C=O) groups is 4. The molecule has 78 heavy (non-hydrogen) atoms. The summed E-state index contributed by atoms with van der Waals surface area (Å²) in [5, 5.41) is 0. The van der Waals surface area contributed by atoms with Crippen molar-refractivity contribution >= 4 is 23.9 Å². The van der Waals surface area contributed by atoms with Crippen molar-refractivity contribution in [2.75, 3.05) is 105 Å². The molecule has 12 nitrogen and oxygen atoms in total. The molecule has 0 aromatic heterocycles. The van der Waals surface area contributed by atoms with Crippen molar-refractivity contribution in [3.8, 4) is 0 Å². The number of hydrogen-bond acceptors (Lipinski definition) is 12. The van der Waals surface area contributed by atoms with E-state index in [9.17, 15) is 19.2 Å². The van der Waals surface area contributed by atoms with Gasteiger partial charge in [0.25, 0.3) is 0 Å². The fourth-order valence-corrected chi connectivity index (χ4v) is 10.1. The molecule has 0 fully saturated rings. The second-order valence-electron chi connectivity index (χ2n) is 22.9. The Morgan fingerprint density at radius 2 is 0.423 bits per heavy atom. The van der Waals surface area contributed by atoms with Crippen molar-refractivity contribution in [2.24, 2.45) is 0 Å². The van der Waals surface area contributed by atoms with Gasteiger partial charge in [0.05, 0.1) is 52.6 Å². The summed E-state index contributed by atoms with van der Waals surface area (Å²) in [7, 11) is 1.43. The minimum absolute atomic E-state index is 0.155. The molecule has 0 bridgehead atoms. The fourth-order valence-electron chi connectivity index (χ4n) is 10.1. The molecule has 0 aromatic carbocycles. The predicted octanol–water partition coefficient (Wildman–Crippen LogP) is 16.1. The van der Waals surface area contributed by atoms with E-state index >= 15 is 0 Å². The lowest BCUT2D eigenvalue weighted by atomic mass is 10.1. The normalized spacial score (nSPS) is 11.7. The van der Waals surface area contributed by atoms with E-state index in [0.717, 1.165) is 117 Å². The summed E-state index contributed by atoms with van der Waals surface area (Å²) in [6.07, 6.45) is 47.2. The van der Waals surface area contributed by atoms with Gasteiger partial charge in [-0.05, 0) is 45.2 Å². The average Bonchev–Trinajstić information content (AvgIpc) is 3.44. The van der Waals surface area contributed by atoms with Crippen molar-refractivity contribution in [2.45, 2.75) is 298 Å². The Kier molecular flexibility index (Phi) is 59.0. The Morgan fingerprint density at radius 3 is 0.641 bits per heavy atom. The molecule has 0 atom stereocenters. The van der Waals surface area contributed by atoms with Crippen LogP contribution in [0.5, 0.6) is 0 Å². The number of rotatable bonds is 63. The van der Waals surface area contributed by atoms with Gasteiger partial charge in [-0.1, -0.05) is 240 Å². The number of carbonyl (C=O) groups excluding carboxylic acids is 4. The molecule has 0 unspecified atom stereocenters. The first-order valence-corrected chi connectivity index (χ1v) is 33.7. The van der Waals surface area contributed by atoms with Crippen LogP contribution in [0.15, 0.2) is 0 Å². The minimum Gasteiger partial charge on any atom is -0.469 e. The molecule has 462 valence electrons. The summed E-state index contributed by atoms with van der Waals surface area (Å²) < 4.78 is 22.1. The fraction of sp³-hybridized carbons (Fsp3) is 0.939. The standard InChI is InChI=1S/C66H130N4O8/c1-7-12-17-20-23-26-29-32-35-38-41-60-76-64(72)45-51-69(50-44-63(71)75-6)58-56-67(48-15-10-4)54-55-68(49-16-11-5)57-59-70(52-46-65(73)77-61-42-39-36-33-30-27-24-21-18-13-8-2)53-47-66(74)78-62-43-40-37-34-31-28-25-22-19-14-9-3/h7-62H2,1-6H3. The van der Waals surface area contributed by atoms with E-state index in [1.165, 1.54) is 180 Å². The van der Waals surface area contributed by atoms with Gasteiger partial charge in [-0.3, -0.25) is 19.2 Å². The monoisotopic (exact) mass is 1110 g/mol. The SMILES string of the molecule is CCCCCCCCCCCCCOC(=O)CCN(CCC(=O)OC)CCN(CCCC)CCN(CCCC)CCN(CCC(=O)OCCCCCCCCCCCCC)CCC(=O)OCCCCCCCCCCCCC. The maximum absolute atomic E-state index is 13.0. The number of ether oxygens (including phenoxy) is 4. The Bertz CT molecular complexity index is 1260. The maximum atomic E-state index is 13.0. The minimum atomic E-state index is -0.240. The zero-order valence-corrected chi connectivity index (χ0v) is 52.7. The first-order valence-electron chi connectivity index (χ1n) is 33.7. The van der Waals surface area contributed by atoms with Crippen molar-refractivity contribution < 1.29 is 38.1 Å². The lowest BCUT2D eigenvalue weighted by Crippen LogP contribution is -2.43. The summed E-state index contributed by atoms with van der Waals surface area (Å²) in [4.78, 5) is 60.8. The van der Waals surface area contributed by atoms with Crippen LogP contribution < -0.4 is 0 Å². The zero-order chi connectivity index (χ0) is 57.0. The van der Waals surface area contributed by atoms with Crippen LogP contribution in [0.2, 0.25) is 0 Å². The molecule has 0 amide bonds. The van der Waals surface area contributed by atoms with E-state index in [2.05, 4.69) is 54.2 Å². The highest BCUT2D eigenvalue weighted by Crippen LogP contribution is 2.15. The Morgan fingerprint density at radius 1 is 0.231 bits per heavy atom. The molecule has 0 spiro atoms. The average molecular weight is 1110 g/mol. The Balaban J connectivity index is 5.34. The number of esters is 4. The number of unbranched alkanes of at least 4 members (excludes halogenated alkanes) is 32. The van der Waals surface area contributed by atoms with E-state index in [4.69, 9.17) is 18.9 Å². The van der Waals surface area contributed by atoms with Crippen LogP contribution in [-0.4, -0.2) is 149 Å². The summed E-state index contributed by atoms with van der Waals surface area (Å²) >= 11 is 0. The zero-order valence-electron chi connectivity index (χ0n) is 52.7. The second-order valence-corrected chi connectivity index (χ2v) is 22.9. The van der Waals surface area contributed by atoms with Crippen molar-refractivity contribution in [1.29, 1.82) is 0 Å². The molecule has 0 aromatic rings. The van der Waals surface area contributed by atoms with E-state index in [-0.39, 0.29) is 30.3 Å². The third-order valence-corrected chi connectivity index (χ3v) is 15.6. The Labute approximate surface area is 483 Å². The number of hydrogen-bond donors (Lipinski definition) is 0. The van der Waals surface area contributed by atoms with E-state index in [1.54, 1.807) is 0 Å². The van der Waals surface area contributed by atoms with E-state index in [0.29, 0.717) is 65.3 Å². The van der Waals surface area contributed by atoms with Gasteiger partial charge in [0.2, 0.25) is 0 Å². The third-order valence-electron chi connectivity index (χ3n) is 15.6. The number of methoxy groups -OCH3 is 1. The molecule has 0 heterocycles. The third kappa shape index (κ3) is 54.3. The highest BCUT2D eigenvalue weighted by Gasteiger charge is 2.18. The maximum Gasteiger partial charge on any atom is 0.307 e. The number of nitrogens with zero attached hydrogens (tertiary/aromatic N) is 4.